The van der Waals surface area contributed by atoms with Crippen LogP contribution in [0.1, 0.15) is 54.6 Å². The fourth-order valence-corrected chi connectivity index (χ4v) is 5.44. The summed E-state index contributed by atoms with van der Waals surface area (Å²) in [5.41, 5.74) is 0.999. The van der Waals surface area contributed by atoms with Gasteiger partial charge in [0.1, 0.15) is 5.69 Å². The van der Waals surface area contributed by atoms with Crippen LogP contribution in [0.5, 0.6) is 0 Å². The van der Waals surface area contributed by atoms with Crippen LogP contribution in [0.3, 0.4) is 0 Å². The first kappa shape index (κ1) is 27.0. The maximum atomic E-state index is 12.9. The average molecular weight is 544 g/mol. The molecule has 0 radical (unpaired) electrons. The molecule has 1 aliphatic heterocycles. The van der Waals surface area contributed by atoms with Gasteiger partial charge in [0.15, 0.2) is 5.76 Å². The van der Waals surface area contributed by atoms with Crippen LogP contribution in [0.2, 0.25) is 0 Å². The standard InChI is InChI=1S/C28H32F3N5O3/c1-38-26(37)19-7-4-6-18(14-19)24-16-33-27(39-24)35-23-10-3-2-9-22(23)34-20-8-5-13-36(17-20)21-11-12-25(32-15-21)28(29,30)31/h4,6-7,11-12,14-16,20,22-23,34H,2-3,5,8-10,13,17H2,1H3,(H,33,35). The number of methoxy groups -OCH3 is 1. The molecular formula is C28H32F3N5O3. The van der Waals surface area contributed by atoms with E-state index >= 15 is 0 Å². The largest absolute Gasteiger partial charge is 0.465 e. The molecule has 0 bridgehead atoms. The fourth-order valence-electron chi connectivity index (χ4n) is 5.44. The van der Waals surface area contributed by atoms with Gasteiger partial charge < -0.3 is 24.7 Å². The first-order valence-corrected chi connectivity index (χ1v) is 13.3. The third-order valence-corrected chi connectivity index (χ3v) is 7.42. The van der Waals surface area contributed by atoms with E-state index < -0.39 is 17.8 Å². The van der Waals surface area contributed by atoms with Crippen LogP contribution >= 0.6 is 0 Å². The molecule has 3 heterocycles. The normalized spacial score (nSPS) is 21.9. The molecule has 1 aromatic carbocycles. The van der Waals surface area contributed by atoms with Crippen LogP contribution < -0.4 is 15.5 Å². The van der Waals surface area contributed by atoms with Gasteiger partial charge >= 0.3 is 12.1 Å². The van der Waals surface area contributed by atoms with Crippen LogP contribution in [-0.4, -0.2) is 54.3 Å². The number of carbonyl (C=O) groups is 1. The van der Waals surface area contributed by atoms with Gasteiger partial charge in [0.2, 0.25) is 0 Å². The zero-order chi connectivity index (χ0) is 27.4. The van der Waals surface area contributed by atoms with E-state index in [1.807, 2.05) is 6.07 Å². The van der Waals surface area contributed by atoms with Crippen molar-refractivity contribution in [2.75, 3.05) is 30.4 Å². The van der Waals surface area contributed by atoms with Crippen molar-refractivity contribution >= 4 is 17.7 Å². The molecule has 2 fully saturated rings. The van der Waals surface area contributed by atoms with E-state index in [9.17, 15) is 18.0 Å². The minimum Gasteiger partial charge on any atom is -0.465 e. The Kier molecular flexibility index (Phi) is 8.06. The maximum Gasteiger partial charge on any atom is 0.433 e. The second kappa shape index (κ2) is 11.6. The van der Waals surface area contributed by atoms with E-state index in [0.29, 0.717) is 29.6 Å². The van der Waals surface area contributed by atoms with Crippen LogP contribution in [0.25, 0.3) is 11.3 Å². The van der Waals surface area contributed by atoms with Crippen LogP contribution in [-0.2, 0) is 10.9 Å². The third-order valence-electron chi connectivity index (χ3n) is 7.42. The second-order valence-electron chi connectivity index (χ2n) is 10.1. The highest BCUT2D eigenvalue weighted by Gasteiger charge is 2.33. The number of pyridine rings is 1. The number of anilines is 2. The molecule has 1 saturated carbocycles. The number of aromatic nitrogens is 2. The highest BCUT2D eigenvalue weighted by atomic mass is 19.4. The van der Waals surface area contributed by atoms with Crippen molar-refractivity contribution in [3.05, 3.63) is 60.0 Å². The van der Waals surface area contributed by atoms with Crippen molar-refractivity contribution in [3.63, 3.8) is 0 Å². The highest BCUT2D eigenvalue weighted by molar-refractivity contribution is 5.90. The number of esters is 1. The number of piperidine rings is 1. The Morgan fingerprint density at radius 1 is 1.05 bits per heavy atom. The molecule has 8 nitrogen and oxygen atoms in total. The van der Waals surface area contributed by atoms with E-state index in [1.54, 1.807) is 24.4 Å². The minimum absolute atomic E-state index is 0.120. The molecule has 208 valence electrons. The van der Waals surface area contributed by atoms with E-state index in [0.717, 1.165) is 56.7 Å². The summed E-state index contributed by atoms with van der Waals surface area (Å²) >= 11 is 0. The first-order valence-electron chi connectivity index (χ1n) is 13.3. The number of halogens is 3. The number of hydrogen-bond donors (Lipinski definition) is 2. The number of rotatable bonds is 7. The van der Waals surface area contributed by atoms with Gasteiger partial charge in [-0.1, -0.05) is 25.0 Å². The van der Waals surface area contributed by atoms with Crippen molar-refractivity contribution in [2.24, 2.45) is 0 Å². The summed E-state index contributed by atoms with van der Waals surface area (Å²) in [7, 11) is 1.34. The smallest absolute Gasteiger partial charge is 0.433 e. The molecule has 2 aliphatic rings. The van der Waals surface area contributed by atoms with Crippen molar-refractivity contribution in [1.82, 2.24) is 15.3 Å². The monoisotopic (exact) mass is 543 g/mol. The Hall–Kier alpha value is -3.60. The molecule has 1 saturated heterocycles. The molecule has 3 unspecified atom stereocenters. The molecule has 5 rings (SSSR count). The Labute approximate surface area is 225 Å². The average Bonchev–Trinajstić information content (AvgIpc) is 3.42. The minimum atomic E-state index is -4.44. The number of hydrogen-bond acceptors (Lipinski definition) is 8. The van der Waals surface area contributed by atoms with Gasteiger partial charge in [-0.25, -0.2) is 14.8 Å². The molecule has 3 aromatic rings. The van der Waals surface area contributed by atoms with Gasteiger partial charge in [0, 0.05) is 36.8 Å². The van der Waals surface area contributed by atoms with Crippen molar-refractivity contribution in [3.8, 4) is 11.3 Å². The summed E-state index contributed by atoms with van der Waals surface area (Å²) in [6, 6.07) is 10.5. The summed E-state index contributed by atoms with van der Waals surface area (Å²) in [4.78, 5) is 22.0. The Morgan fingerprint density at radius 2 is 1.87 bits per heavy atom. The van der Waals surface area contributed by atoms with Gasteiger partial charge in [-0.05, 0) is 49.9 Å². The third kappa shape index (κ3) is 6.52. The number of benzene rings is 1. The lowest BCUT2D eigenvalue weighted by molar-refractivity contribution is -0.141. The SMILES string of the molecule is COC(=O)c1cccc(-c2cnc(NC3CCCCC3NC3CCCN(c4ccc(C(F)(F)F)nc4)C3)o2)c1. The Bertz CT molecular complexity index is 1260. The van der Waals surface area contributed by atoms with Crippen molar-refractivity contribution < 1.29 is 27.1 Å². The predicted molar refractivity (Wildman–Crippen MR) is 141 cm³/mol. The van der Waals surface area contributed by atoms with Gasteiger partial charge in [0.25, 0.3) is 6.01 Å². The summed E-state index contributed by atoms with van der Waals surface area (Å²) in [6.45, 7) is 1.49. The fraction of sp³-hybridized carbons (Fsp3) is 0.464. The molecule has 0 spiro atoms. The molecular weight excluding hydrogens is 511 g/mol. The van der Waals surface area contributed by atoms with Gasteiger partial charge in [-0.15, -0.1) is 0 Å². The van der Waals surface area contributed by atoms with E-state index in [-0.39, 0.29) is 18.1 Å². The van der Waals surface area contributed by atoms with Crippen molar-refractivity contribution in [1.29, 1.82) is 0 Å². The Morgan fingerprint density at radius 3 is 2.62 bits per heavy atom. The van der Waals surface area contributed by atoms with E-state index in [4.69, 9.17) is 9.15 Å². The molecule has 2 N–H and O–H groups in total. The van der Waals surface area contributed by atoms with Crippen LogP contribution in [0, 0.1) is 0 Å². The number of oxazole rings is 1. The summed E-state index contributed by atoms with van der Waals surface area (Å²) < 4.78 is 49.5. The number of carbonyl (C=O) groups excluding carboxylic acids is 1. The van der Waals surface area contributed by atoms with E-state index in [2.05, 4.69) is 25.5 Å². The van der Waals surface area contributed by atoms with Crippen LogP contribution in [0.4, 0.5) is 24.9 Å². The summed E-state index contributed by atoms with van der Waals surface area (Å²) in [5, 5.41) is 7.26. The summed E-state index contributed by atoms with van der Waals surface area (Å²) in [5.74, 6) is 0.137. The molecule has 3 atom stereocenters. The number of alkyl halides is 3. The summed E-state index contributed by atoms with van der Waals surface area (Å²) in [6.07, 6.45) is 4.63. The molecule has 0 amide bonds. The maximum absolute atomic E-state index is 12.9. The lowest BCUT2D eigenvalue weighted by Crippen LogP contribution is -2.54. The van der Waals surface area contributed by atoms with Gasteiger partial charge in [-0.2, -0.15) is 13.2 Å². The van der Waals surface area contributed by atoms with Crippen molar-refractivity contribution in [2.45, 2.75) is 62.8 Å². The zero-order valence-electron chi connectivity index (χ0n) is 21.7. The van der Waals surface area contributed by atoms with Crippen LogP contribution in [0.15, 0.2) is 53.2 Å². The van der Waals surface area contributed by atoms with Gasteiger partial charge in [0.05, 0.1) is 30.8 Å². The quantitative estimate of drug-likeness (QED) is 0.376. The molecule has 2 aromatic heterocycles. The number of ether oxygens (including phenoxy) is 1. The van der Waals surface area contributed by atoms with Gasteiger partial charge in [-0.3, -0.25) is 0 Å². The number of nitrogens with one attached hydrogen (secondary N) is 2. The molecule has 1 aliphatic carbocycles. The van der Waals surface area contributed by atoms with E-state index in [1.165, 1.54) is 19.4 Å². The topological polar surface area (TPSA) is 92.5 Å². The zero-order valence-corrected chi connectivity index (χ0v) is 21.7. The second-order valence-corrected chi connectivity index (χ2v) is 10.1. The number of nitrogens with zero attached hydrogens (tertiary/aromatic N) is 3. The predicted octanol–water partition coefficient (Wildman–Crippen LogP) is 5.52. The lowest BCUT2D eigenvalue weighted by atomic mass is 9.89. The molecule has 39 heavy (non-hydrogen) atoms. The lowest BCUT2D eigenvalue weighted by Gasteiger charge is -2.40. The molecule has 11 heteroatoms. The highest BCUT2D eigenvalue weighted by Crippen LogP contribution is 2.30. The first-order chi connectivity index (χ1) is 18.8. The Balaban J connectivity index is 1.22.